The first-order valence-corrected chi connectivity index (χ1v) is 11.2. The van der Waals surface area contributed by atoms with Crippen LogP contribution in [0, 0.1) is 13.8 Å². The van der Waals surface area contributed by atoms with Crippen LogP contribution in [0.4, 0.5) is 11.4 Å². The number of aromatic nitrogens is 1. The molecule has 1 N–H and O–H groups in total. The van der Waals surface area contributed by atoms with Gasteiger partial charge in [-0.2, -0.15) is 0 Å². The quantitative estimate of drug-likeness (QED) is 0.495. The fourth-order valence-corrected chi connectivity index (χ4v) is 4.87. The van der Waals surface area contributed by atoms with E-state index in [2.05, 4.69) is 15.2 Å². The Bertz CT molecular complexity index is 1230. The molecule has 0 spiro atoms. The number of esters is 1. The third-order valence-corrected chi connectivity index (χ3v) is 6.77. The number of ether oxygens (including phenoxy) is 2. The van der Waals surface area contributed by atoms with Crippen molar-refractivity contribution in [1.82, 2.24) is 5.16 Å². The molecule has 3 rings (SSSR count). The molecular formula is C22H23N3O7S. The Morgan fingerprint density at radius 3 is 2.18 bits per heavy atom. The predicted molar refractivity (Wildman–Crippen MR) is 120 cm³/mol. The SMILES string of the molecule is COC(=O)c1ccc(NC(=O)CN(c2ccc(OC)cc2)S(=O)(=O)c2c(C)noc2C)cc1. The fourth-order valence-electron chi connectivity index (χ4n) is 3.16. The molecule has 0 bridgehead atoms. The summed E-state index contributed by atoms with van der Waals surface area (Å²) in [7, 11) is -1.42. The molecule has 11 heteroatoms. The number of carbonyl (C=O) groups excluding carboxylic acids is 2. The van der Waals surface area contributed by atoms with Crippen LogP contribution in [0.15, 0.2) is 57.9 Å². The second-order valence-corrected chi connectivity index (χ2v) is 8.78. The van der Waals surface area contributed by atoms with Gasteiger partial charge in [-0.15, -0.1) is 0 Å². The second-order valence-electron chi connectivity index (χ2n) is 6.98. The van der Waals surface area contributed by atoms with Crippen LogP contribution in [0.1, 0.15) is 21.8 Å². The maximum atomic E-state index is 13.5. The normalized spacial score (nSPS) is 11.0. The van der Waals surface area contributed by atoms with Crippen molar-refractivity contribution in [2.45, 2.75) is 18.7 Å². The van der Waals surface area contributed by atoms with E-state index in [-0.39, 0.29) is 22.0 Å². The molecule has 0 unspecified atom stereocenters. The van der Waals surface area contributed by atoms with Crippen LogP contribution in [0.25, 0.3) is 0 Å². The summed E-state index contributed by atoms with van der Waals surface area (Å²) in [6.07, 6.45) is 0. The molecule has 0 aliphatic rings. The lowest BCUT2D eigenvalue weighted by molar-refractivity contribution is -0.114. The molecule has 3 aromatic rings. The van der Waals surface area contributed by atoms with E-state index >= 15 is 0 Å². The van der Waals surface area contributed by atoms with E-state index in [1.807, 2.05) is 0 Å². The van der Waals surface area contributed by atoms with Crippen molar-refractivity contribution >= 4 is 33.3 Å². The van der Waals surface area contributed by atoms with Crippen LogP contribution in [-0.2, 0) is 19.6 Å². The highest BCUT2D eigenvalue weighted by molar-refractivity contribution is 7.93. The average molecular weight is 474 g/mol. The molecule has 1 heterocycles. The summed E-state index contributed by atoms with van der Waals surface area (Å²) in [4.78, 5) is 24.3. The lowest BCUT2D eigenvalue weighted by Crippen LogP contribution is -2.38. The Morgan fingerprint density at radius 1 is 1.03 bits per heavy atom. The van der Waals surface area contributed by atoms with Gasteiger partial charge in [-0.1, -0.05) is 5.16 Å². The molecule has 2 aromatic carbocycles. The molecule has 0 saturated carbocycles. The van der Waals surface area contributed by atoms with Gasteiger partial charge >= 0.3 is 5.97 Å². The van der Waals surface area contributed by atoms with Gasteiger partial charge in [0.2, 0.25) is 5.91 Å². The van der Waals surface area contributed by atoms with Crippen molar-refractivity contribution in [2.24, 2.45) is 0 Å². The molecule has 174 valence electrons. The summed E-state index contributed by atoms with van der Waals surface area (Å²) in [6.45, 7) is 2.48. The van der Waals surface area contributed by atoms with Gasteiger partial charge in [0.1, 0.15) is 18.0 Å². The minimum Gasteiger partial charge on any atom is -0.497 e. The first kappa shape index (κ1) is 23.8. The molecule has 0 aliphatic heterocycles. The van der Waals surface area contributed by atoms with Gasteiger partial charge in [0, 0.05) is 5.69 Å². The lowest BCUT2D eigenvalue weighted by Gasteiger charge is -2.24. The third kappa shape index (κ3) is 5.14. The number of carbonyl (C=O) groups is 2. The lowest BCUT2D eigenvalue weighted by atomic mass is 10.2. The summed E-state index contributed by atoms with van der Waals surface area (Å²) >= 11 is 0. The van der Waals surface area contributed by atoms with Crippen LogP contribution in [0.2, 0.25) is 0 Å². The predicted octanol–water partition coefficient (Wildman–Crippen LogP) is 2.92. The minimum atomic E-state index is -4.19. The number of anilines is 2. The summed E-state index contributed by atoms with van der Waals surface area (Å²) in [5.74, 6) is -0.454. The number of methoxy groups -OCH3 is 2. The van der Waals surface area contributed by atoms with Gasteiger partial charge in [-0.05, 0) is 62.4 Å². The van der Waals surface area contributed by atoms with Gasteiger partial charge in [-0.25, -0.2) is 13.2 Å². The highest BCUT2D eigenvalue weighted by Crippen LogP contribution is 2.29. The van der Waals surface area contributed by atoms with Crippen molar-refractivity contribution in [3.05, 3.63) is 65.5 Å². The summed E-state index contributed by atoms with van der Waals surface area (Å²) in [5, 5.41) is 6.36. The Labute approximate surface area is 191 Å². The smallest absolute Gasteiger partial charge is 0.337 e. The highest BCUT2D eigenvalue weighted by atomic mass is 32.2. The van der Waals surface area contributed by atoms with E-state index in [1.54, 1.807) is 12.1 Å². The molecule has 33 heavy (non-hydrogen) atoms. The van der Waals surface area contributed by atoms with E-state index in [0.29, 0.717) is 17.0 Å². The van der Waals surface area contributed by atoms with Crippen LogP contribution < -0.4 is 14.4 Å². The van der Waals surface area contributed by atoms with Gasteiger partial charge in [0.05, 0.1) is 25.5 Å². The molecule has 0 atom stereocenters. The Balaban J connectivity index is 1.91. The number of amides is 1. The van der Waals surface area contributed by atoms with Gasteiger partial charge in [-0.3, -0.25) is 9.10 Å². The van der Waals surface area contributed by atoms with Crippen molar-refractivity contribution in [3.63, 3.8) is 0 Å². The van der Waals surface area contributed by atoms with Crippen molar-refractivity contribution in [3.8, 4) is 5.75 Å². The maximum Gasteiger partial charge on any atom is 0.337 e. The second kappa shape index (κ2) is 9.74. The molecule has 10 nitrogen and oxygen atoms in total. The monoisotopic (exact) mass is 473 g/mol. The average Bonchev–Trinajstić information content (AvgIpc) is 3.16. The van der Waals surface area contributed by atoms with Crippen LogP contribution in [-0.4, -0.2) is 46.2 Å². The zero-order chi connectivity index (χ0) is 24.2. The number of hydrogen-bond donors (Lipinski definition) is 1. The standard InChI is InChI=1S/C22H23N3O7S/c1-14-21(15(2)32-24-14)33(28,29)25(18-9-11-19(30-3)12-10-18)13-20(26)23-17-7-5-16(6-8-17)22(27)31-4/h5-12H,13H2,1-4H3,(H,23,26). The van der Waals surface area contributed by atoms with Gasteiger partial charge in [0.15, 0.2) is 10.7 Å². The molecule has 0 radical (unpaired) electrons. The highest BCUT2D eigenvalue weighted by Gasteiger charge is 2.33. The largest absolute Gasteiger partial charge is 0.497 e. The van der Waals surface area contributed by atoms with E-state index in [9.17, 15) is 18.0 Å². The number of sulfonamides is 1. The molecule has 0 fully saturated rings. The van der Waals surface area contributed by atoms with Crippen LogP contribution in [0.3, 0.4) is 0 Å². The first-order chi connectivity index (χ1) is 15.7. The maximum absolute atomic E-state index is 13.5. The fraction of sp³-hybridized carbons (Fsp3) is 0.227. The zero-order valence-electron chi connectivity index (χ0n) is 18.5. The van der Waals surface area contributed by atoms with Gasteiger partial charge in [0.25, 0.3) is 10.0 Å². The number of nitrogens with one attached hydrogen (secondary N) is 1. The van der Waals surface area contributed by atoms with E-state index in [1.165, 1.54) is 64.5 Å². The zero-order valence-corrected chi connectivity index (χ0v) is 19.3. The Kier molecular flexibility index (Phi) is 7.02. The Hall–Kier alpha value is -3.86. The summed E-state index contributed by atoms with van der Waals surface area (Å²) in [5.41, 5.74) is 1.14. The Morgan fingerprint density at radius 2 is 1.67 bits per heavy atom. The van der Waals surface area contributed by atoms with Crippen molar-refractivity contribution < 1.29 is 32.0 Å². The summed E-state index contributed by atoms with van der Waals surface area (Å²) in [6, 6.07) is 12.3. The summed E-state index contributed by atoms with van der Waals surface area (Å²) < 4.78 is 42.8. The van der Waals surface area contributed by atoms with Crippen molar-refractivity contribution in [1.29, 1.82) is 0 Å². The number of rotatable bonds is 8. The van der Waals surface area contributed by atoms with Gasteiger partial charge < -0.3 is 19.3 Å². The molecule has 1 amide bonds. The van der Waals surface area contributed by atoms with Crippen LogP contribution >= 0.6 is 0 Å². The van der Waals surface area contributed by atoms with Crippen LogP contribution in [0.5, 0.6) is 5.75 Å². The topological polar surface area (TPSA) is 128 Å². The third-order valence-electron chi connectivity index (χ3n) is 4.75. The molecule has 0 aliphatic carbocycles. The number of nitrogens with zero attached hydrogens (tertiary/aromatic N) is 2. The number of aryl methyl sites for hydroxylation is 2. The molecular weight excluding hydrogens is 450 g/mol. The van der Waals surface area contributed by atoms with E-state index in [4.69, 9.17) is 9.26 Å². The molecule has 0 saturated heterocycles. The number of hydrogen-bond acceptors (Lipinski definition) is 8. The minimum absolute atomic E-state index is 0.103. The number of benzene rings is 2. The van der Waals surface area contributed by atoms with E-state index in [0.717, 1.165) is 4.31 Å². The van der Waals surface area contributed by atoms with Crippen molar-refractivity contribution in [2.75, 3.05) is 30.4 Å². The molecule has 1 aromatic heterocycles. The first-order valence-electron chi connectivity index (χ1n) is 9.75. The van der Waals surface area contributed by atoms with E-state index < -0.39 is 28.4 Å².